The number of unbranched alkanes of at least 4 members (excludes halogenated alkanes) is 20. The number of hydrogen-bond acceptors (Lipinski definition) is 2. The third kappa shape index (κ3) is 21.4. The van der Waals surface area contributed by atoms with Crippen molar-refractivity contribution in [2.24, 2.45) is 0 Å². The van der Waals surface area contributed by atoms with Crippen molar-refractivity contribution < 1.29 is 0 Å². The molecular formula is C48H76N2. The Balaban J connectivity index is 1.94. The molecule has 2 aromatic rings. The number of anilines is 2. The molecule has 0 radical (unpaired) electrons. The third-order valence-corrected chi connectivity index (χ3v) is 10.1. The van der Waals surface area contributed by atoms with E-state index in [1.54, 1.807) is 0 Å². The van der Waals surface area contributed by atoms with E-state index >= 15 is 0 Å². The van der Waals surface area contributed by atoms with Crippen LogP contribution in [-0.4, -0.2) is 26.2 Å². The molecule has 0 aliphatic carbocycles. The Hall–Kier alpha value is -2.84. The Morgan fingerprint density at radius 3 is 0.820 bits per heavy atom. The van der Waals surface area contributed by atoms with E-state index in [9.17, 15) is 0 Å². The van der Waals surface area contributed by atoms with Crippen LogP contribution in [0.5, 0.6) is 0 Å². The maximum atomic E-state index is 3.29. The molecule has 278 valence electrons. The summed E-state index contributed by atoms with van der Waals surface area (Å²) in [6.07, 6.45) is 32.3. The summed E-state index contributed by atoms with van der Waals surface area (Å²) >= 11 is 0. The number of nitrogens with zero attached hydrogens (tertiary/aromatic N) is 2. The lowest BCUT2D eigenvalue weighted by molar-refractivity contribution is 0.575. The first-order valence-electron chi connectivity index (χ1n) is 21.4. The highest BCUT2D eigenvalue weighted by atomic mass is 15.1. The summed E-state index contributed by atoms with van der Waals surface area (Å²) < 4.78 is 0. The Labute approximate surface area is 311 Å². The van der Waals surface area contributed by atoms with E-state index in [0.717, 1.165) is 37.3 Å². The molecule has 0 aliphatic rings. The lowest BCUT2D eigenvalue weighted by Crippen LogP contribution is -2.25. The fraction of sp³-hybridized carbons (Fsp3) is 0.667. The summed E-state index contributed by atoms with van der Waals surface area (Å²) in [5.41, 5.74) is 4.76. The van der Waals surface area contributed by atoms with Crippen LogP contribution >= 0.6 is 0 Å². The first-order chi connectivity index (χ1) is 24.7. The molecule has 0 heterocycles. The van der Waals surface area contributed by atoms with Crippen molar-refractivity contribution in [2.45, 2.75) is 182 Å². The summed E-state index contributed by atoms with van der Waals surface area (Å²) in [5.74, 6) is 12.8. The topological polar surface area (TPSA) is 6.48 Å². The van der Waals surface area contributed by atoms with Gasteiger partial charge in [-0.05, 0) is 86.1 Å². The monoisotopic (exact) mass is 681 g/mol. The van der Waals surface area contributed by atoms with Crippen molar-refractivity contribution in [1.82, 2.24) is 0 Å². The van der Waals surface area contributed by atoms with E-state index in [-0.39, 0.29) is 0 Å². The second-order valence-electron chi connectivity index (χ2n) is 14.6. The molecule has 0 fully saturated rings. The fourth-order valence-electron chi connectivity index (χ4n) is 6.79. The number of rotatable bonds is 30. The molecule has 2 heteroatoms. The molecule has 0 unspecified atom stereocenters. The molecule has 50 heavy (non-hydrogen) atoms. The Morgan fingerprint density at radius 1 is 0.320 bits per heavy atom. The van der Waals surface area contributed by atoms with Crippen molar-refractivity contribution in [2.75, 3.05) is 36.0 Å². The molecule has 0 saturated carbocycles. The average Bonchev–Trinajstić information content (AvgIpc) is 3.14. The Kier molecular flexibility index (Phi) is 26.8. The number of benzene rings is 2. The second-order valence-corrected chi connectivity index (χ2v) is 14.6. The maximum absolute atomic E-state index is 3.29. The molecule has 0 amide bonds. The molecule has 2 rings (SSSR count). The van der Waals surface area contributed by atoms with E-state index in [0.29, 0.717) is 0 Å². The van der Waals surface area contributed by atoms with E-state index in [1.165, 1.54) is 165 Å². The average molecular weight is 681 g/mol. The normalized spacial score (nSPS) is 10.7. The van der Waals surface area contributed by atoms with Crippen molar-refractivity contribution in [3.8, 4) is 23.7 Å². The molecule has 2 nitrogen and oxygen atoms in total. The molecule has 0 aliphatic heterocycles. The molecular weight excluding hydrogens is 605 g/mol. The Bertz CT molecular complexity index is 1050. The standard InChI is InChI=1S/C48H76N2/c1-5-9-13-17-21-27-41-49(42-28-22-18-14-10-6-2)47-37-33-45(34-38-47)31-25-26-32-46-35-39-48(40-36-46)50(43-29-23-19-15-11-7-3)44-30-24-20-16-12-8-4/h33-40H,5-24,27-30,41-44H2,1-4H3. The smallest absolute Gasteiger partial charge is 0.0367 e. The van der Waals surface area contributed by atoms with Gasteiger partial charge < -0.3 is 9.80 Å². The molecule has 0 N–H and O–H groups in total. The van der Waals surface area contributed by atoms with Crippen LogP contribution in [0.2, 0.25) is 0 Å². The van der Waals surface area contributed by atoms with Crippen LogP contribution in [0.4, 0.5) is 11.4 Å². The highest BCUT2D eigenvalue weighted by Gasteiger charge is 2.08. The van der Waals surface area contributed by atoms with Gasteiger partial charge in [-0.3, -0.25) is 0 Å². The predicted molar refractivity (Wildman–Crippen MR) is 225 cm³/mol. The summed E-state index contributed by atoms with van der Waals surface area (Å²) in [6, 6.07) is 17.8. The summed E-state index contributed by atoms with van der Waals surface area (Å²) in [6.45, 7) is 13.8. The fourth-order valence-corrected chi connectivity index (χ4v) is 6.79. The molecule has 0 spiro atoms. The first-order valence-corrected chi connectivity index (χ1v) is 21.4. The van der Waals surface area contributed by atoms with Gasteiger partial charge >= 0.3 is 0 Å². The zero-order valence-corrected chi connectivity index (χ0v) is 33.3. The van der Waals surface area contributed by atoms with E-state index in [1.807, 2.05) is 0 Å². The zero-order chi connectivity index (χ0) is 35.7. The predicted octanol–water partition coefficient (Wildman–Crippen LogP) is 14.1. The van der Waals surface area contributed by atoms with Gasteiger partial charge in [0.1, 0.15) is 0 Å². The molecule has 0 bridgehead atoms. The second kappa shape index (κ2) is 30.9. The van der Waals surface area contributed by atoms with Gasteiger partial charge in [0, 0.05) is 48.7 Å². The SMILES string of the molecule is CCCCCCCCN(CCCCCCCC)c1ccc(C#CC#Cc2ccc(N(CCCCCCCC)CCCCCCCC)cc2)cc1. The lowest BCUT2D eigenvalue weighted by atomic mass is 10.1. The molecule has 0 saturated heterocycles. The minimum atomic E-state index is 1.04. The minimum absolute atomic E-state index is 1.04. The summed E-state index contributed by atoms with van der Waals surface area (Å²) in [7, 11) is 0. The van der Waals surface area contributed by atoms with Crippen LogP contribution in [0.15, 0.2) is 48.5 Å². The van der Waals surface area contributed by atoms with Crippen molar-refractivity contribution in [3.63, 3.8) is 0 Å². The van der Waals surface area contributed by atoms with Gasteiger partial charge in [0.2, 0.25) is 0 Å². The minimum Gasteiger partial charge on any atom is -0.372 e. The van der Waals surface area contributed by atoms with Gasteiger partial charge in [-0.25, -0.2) is 0 Å². The van der Waals surface area contributed by atoms with E-state index < -0.39 is 0 Å². The lowest BCUT2D eigenvalue weighted by Gasteiger charge is -2.25. The highest BCUT2D eigenvalue weighted by Crippen LogP contribution is 2.20. The Morgan fingerprint density at radius 2 is 0.560 bits per heavy atom. The molecule has 0 aromatic heterocycles. The van der Waals surface area contributed by atoms with Crippen LogP contribution in [0.1, 0.15) is 193 Å². The maximum Gasteiger partial charge on any atom is 0.0367 e. The summed E-state index contributed by atoms with van der Waals surface area (Å²) in [4.78, 5) is 5.23. The van der Waals surface area contributed by atoms with E-state index in [4.69, 9.17) is 0 Å². The van der Waals surface area contributed by atoms with Gasteiger partial charge in [0.05, 0.1) is 0 Å². The van der Waals surface area contributed by atoms with Gasteiger partial charge in [-0.2, -0.15) is 0 Å². The first kappa shape index (κ1) is 43.3. The van der Waals surface area contributed by atoms with Crippen molar-refractivity contribution >= 4 is 11.4 Å². The molecule has 2 aromatic carbocycles. The van der Waals surface area contributed by atoms with Gasteiger partial charge in [-0.1, -0.05) is 168 Å². The third-order valence-electron chi connectivity index (χ3n) is 10.1. The van der Waals surface area contributed by atoms with Crippen molar-refractivity contribution in [1.29, 1.82) is 0 Å². The van der Waals surface area contributed by atoms with Crippen LogP contribution < -0.4 is 9.80 Å². The quantitative estimate of drug-likeness (QED) is 0.0598. The zero-order valence-electron chi connectivity index (χ0n) is 33.3. The van der Waals surface area contributed by atoms with E-state index in [2.05, 4.69) is 110 Å². The van der Waals surface area contributed by atoms with Crippen LogP contribution in [0.3, 0.4) is 0 Å². The van der Waals surface area contributed by atoms with Gasteiger partial charge in [0.15, 0.2) is 0 Å². The highest BCUT2D eigenvalue weighted by molar-refractivity contribution is 5.53. The van der Waals surface area contributed by atoms with Crippen LogP contribution in [-0.2, 0) is 0 Å². The van der Waals surface area contributed by atoms with Gasteiger partial charge in [-0.15, -0.1) is 0 Å². The number of hydrogen-bond donors (Lipinski definition) is 0. The van der Waals surface area contributed by atoms with Crippen molar-refractivity contribution in [3.05, 3.63) is 59.7 Å². The van der Waals surface area contributed by atoms with Gasteiger partial charge in [0.25, 0.3) is 0 Å². The van der Waals surface area contributed by atoms with Crippen LogP contribution in [0, 0.1) is 23.7 Å². The van der Waals surface area contributed by atoms with Crippen LogP contribution in [0.25, 0.3) is 0 Å². The molecule has 0 atom stereocenters. The largest absolute Gasteiger partial charge is 0.372 e. The summed E-state index contributed by atoms with van der Waals surface area (Å²) in [5, 5.41) is 0.